The van der Waals surface area contributed by atoms with E-state index in [-0.39, 0.29) is 30.1 Å². The topological polar surface area (TPSA) is 101 Å². The molecule has 0 saturated carbocycles. The number of nitrogens with zero attached hydrogens (tertiary/aromatic N) is 4. The third kappa shape index (κ3) is 2.46. The van der Waals surface area contributed by atoms with Crippen molar-refractivity contribution >= 4 is 28.0 Å². The van der Waals surface area contributed by atoms with Crippen molar-refractivity contribution in [2.45, 2.75) is 32.2 Å². The summed E-state index contributed by atoms with van der Waals surface area (Å²) in [5.41, 5.74) is -0.0867. The summed E-state index contributed by atoms with van der Waals surface area (Å²) in [6, 6.07) is 0. The van der Waals surface area contributed by atoms with Crippen LogP contribution >= 0.6 is 0 Å². The fourth-order valence-electron chi connectivity index (χ4n) is 2.44. The highest BCUT2D eigenvalue weighted by Crippen LogP contribution is 2.27. The van der Waals surface area contributed by atoms with Crippen LogP contribution < -0.4 is 5.56 Å². The quantitative estimate of drug-likeness (QED) is 0.765. The molecule has 10 heteroatoms. The van der Waals surface area contributed by atoms with Crippen molar-refractivity contribution in [2.24, 2.45) is 0 Å². The normalized spacial score (nSPS) is 17.8. The Bertz CT molecular complexity index is 890. The summed E-state index contributed by atoms with van der Waals surface area (Å²) >= 11 is 0. The van der Waals surface area contributed by atoms with Gasteiger partial charge in [0.2, 0.25) is 0 Å². The molecule has 0 amide bonds. The number of fused-ring (bicyclic) bond motifs is 1. The Balaban J connectivity index is 2.01. The average Bonchev–Trinajstić information content (AvgIpc) is 2.68. The van der Waals surface area contributed by atoms with Crippen molar-refractivity contribution in [3.63, 3.8) is 0 Å². The first-order valence-electron chi connectivity index (χ1n) is 6.83. The molecule has 3 rings (SSSR count). The number of nitrogens with one attached hydrogen (secondary N) is 1. The summed E-state index contributed by atoms with van der Waals surface area (Å²) in [5.74, 6) is 0.294. The van der Waals surface area contributed by atoms with Gasteiger partial charge in [0.25, 0.3) is 12.7 Å². The van der Waals surface area contributed by atoms with Crippen LogP contribution in [0.5, 0.6) is 0 Å². The maximum Gasteiger partial charge on any atom is 0.278 e. The Morgan fingerprint density at radius 3 is 2.55 bits per heavy atom. The Hall–Kier alpha value is -1.68. The molecule has 116 valence electrons. The summed E-state index contributed by atoms with van der Waals surface area (Å²) in [5, 5.41) is 4.65. The molecule has 1 fully saturated rings. The van der Waals surface area contributed by atoms with E-state index in [0.717, 1.165) is 4.31 Å². The lowest BCUT2D eigenvalue weighted by Crippen LogP contribution is -2.49. The van der Waals surface area contributed by atoms with Gasteiger partial charge in [0, 0.05) is 19.0 Å². The van der Waals surface area contributed by atoms with Gasteiger partial charge in [-0.05, 0) is 20.8 Å². The fraction of sp³-hybridized carbons (Fsp3) is 0.583. The molecule has 0 spiro atoms. The molecule has 2 aromatic rings. The second-order valence-electron chi connectivity index (χ2n) is 6.47. The molecule has 0 unspecified atom stereocenters. The molecule has 0 bridgehead atoms. The summed E-state index contributed by atoms with van der Waals surface area (Å²) < 4.78 is 25.3. The number of hydrogen-bond donors (Lipinski definition) is 1. The molecular formula is C12H16BN5O3S. The lowest BCUT2D eigenvalue weighted by Gasteiger charge is -2.36. The van der Waals surface area contributed by atoms with Crippen LogP contribution in [0.4, 0.5) is 0 Å². The first-order valence-corrected chi connectivity index (χ1v) is 8.34. The van der Waals surface area contributed by atoms with Crippen molar-refractivity contribution < 1.29 is 8.42 Å². The average molecular weight is 321 g/mol. The van der Waals surface area contributed by atoms with Crippen molar-refractivity contribution in [3.05, 3.63) is 22.4 Å². The molecule has 1 saturated heterocycles. The third-order valence-electron chi connectivity index (χ3n) is 3.69. The molecule has 1 aliphatic heterocycles. The van der Waals surface area contributed by atoms with Gasteiger partial charge in [-0.25, -0.2) is 22.4 Å². The van der Waals surface area contributed by atoms with E-state index < -0.39 is 9.87 Å². The Labute approximate surface area is 128 Å². The third-order valence-corrected chi connectivity index (χ3v) is 4.70. The first-order chi connectivity index (χ1) is 10.1. The minimum atomic E-state index is -3.68. The minimum Gasteiger partial charge on any atom is -0.310 e. The second-order valence-corrected chi connectivity index (χ2v) is 8.02. The van der Waals surface area contributed by atoms with Gasteiger partial charge in [-0.2, -0.15) is 5.10 Å². The highest BCUT2D eigenvalue weighted by atomic mass is 32.2. The SMILES string of the molecule is [B]S(=O)(=O)N1CC(c2nc3c(cnn3C(C)(C)C)c(=O)[nH]2)C1. The van der Waals surface area contributed by atoms with Gasteiger partial charge in [0.05, 0.1) is 11.7 Å². The van der Waals surface area contributed by atoms with Crippen molar-refractivity contribution in [1.29, 1.82) is 0 Å². The molecule has 0 atom stereocenters. The van der Waals surface area contributed by atoms with E-state index in [1.165, 1.54) is 6.20 Å². The first kappa shape index (κ1) is 15.2. The molecule has 2 aromatic heterocycles. The van der Waals surface area contributed by atoms with E-state index in [1.54, 1.807) is 4.68 Å². The molecule has 1 aliphatic rings. The van der Waals surface area contributed by atoms with Crippen LogP contribution in [-0.2, 0) is 15.4 Å². The summed E-state index contributed by atoms with van der Waals surface area (Å²) in [6.45, 7) is 6.34. The molecule has 2 radical (unpaired) electrons. The summed E-state index contributed by atoms with van der Waals surface area (Å²) in [7, 11) is 1.37. The van der Waals surface area contributed by atoms with Crippen LogP contribution in [0.25, 0.3) is 11.0 Å². The standard InChI is InChI=1S/C12H16BN5O3S/c1-12(2,3)18-10-8(4-14-18)11(19)16-9(15-10)7-5-17(6-7)22(13,20)21/h4,7H,5-6H2,1-3H3,(H,15,16,19). The maximum atomic E-state index is 12.2. The van der Waals surface area contributed by atoms with E-state index >= 15 is 0 Å². The van der Waals surface area contributed by atoms with Gasteiger partial charge in [0.1, 0.15) is 11.2 Å². The molecule has 0 aliphatic carbocycles. The highest BCUT2D eigenvalue weighted by molar-refractivity contribution is 8.10. The van der Waals surface area contributed by atoms with Crippen LogP contribution in [0.2, 0.25) is 0 Å². The predicted molar refractivity (Wildman–Crippen MR) is 82.1 cm³/mol. The van der Waals surface area contributed by atoms with Crippen LogP contribution in [0.3, 0.4) is 0 Å². The van der Waals surface area contributed by atoms with E-state index in [4.69, 9.17) is 7.12 Å². The molecule has 8 nitrogen and oxygen atoms in total. The maximum absolute atomic E-state index is 12.2. The number of H-pyrrole nitrogens is 1. The van der Waals surface area contributed by atoms with E-state index in [1.807, 2.05) is 20.8 Å². The lowest BCUT2D eigenvalue weighted by atomic mass is 10.0. The minimum absolute atomic E-state index is 0.168. The summed E-state index contributed by atoms with van der Waals surface area (Å²) in [4.78, 5) is 19.3. The van der Waals surface area contributed by atoms with Gasteiger partial charge in [0.15, 0.2) is 15.5 Å². The van der Waals surface area contributed by atoms with Crippen LogP contribution in [-0.4, -0.2) is 52.7 Å². The van der Waals surface area contributed by atoms with Crippen LogP contribution in [0, 0.1) is 0 Å². The second kappa shape index (κ2) is 4.66. The van der Waals surface area contributed by atoms with Gasteiger partial charge >= 0.3 is 0 Å². The van der Waals surface area contributed by atoms with Gasteiger partial charge < -0.3 is 4.98 Å². The monoisotopic (exact) mass is 321 g/mol. The zero-order valence-corrected chi connectivity index (χ0v) is 13.4. The van der Waals surface area contributed by atoms with Crippen molar-refractivity contribution in [2.75, 3.05) is 13.1 Å². The van der Waals surface area contributed by atoms with Crippen LogP contribution in [0.1, 0.15) is 32.5 Å². The molecule has 3 heterocycles. The highest BCUT2D eigenvalue weighted by Gasteiger charge is 2.35. The summed E-state index contributed by atoms with van der Waals surface area (Å²) in [6.07, 6.45) is 1.49. The predicted octanol–water partition coefficient (Wildman–Crippen LogP) is -0.313. The zero-order valence-electron chi connectivity index (χ0n) is 12.6. The molecule has 1 N–H and O–H groups in total. The number of rotatable bonds is 2. The number of aromatic amines is 1. The number of aromatic nitrogens is 4. The van der Waals surface area contributed by atoms with Crippen LogP contribution in [0.15, 0.2) is 11.0 Å². The number of hydrogen-bond acceptors (Lipinski definition) is 5. The Morgan fingerprint density at radius 2 is 2.00 bits per heavy atom. The van der Waals surface area contributed by atoms with Gasteiger partial charge in [-0.1, -0.05) is 0 Å². The largest absolute Gasteiger partial charge is 0.310 e. The zero-order chi connectivity index (χ0) is 16.3. The van der Waals surface area contributed by atoms with E-state index in [9.17, 15) is 13.2 Å². The van der Waals surface area contributed by atoms with Gasteiger partial charge in [-0.3, -0.25) is 4.79 Å². The molecule has 22 heavy (non-hydrogen) atoms. The Kier molecular flexibility index (Phi) is 3.22. The molecular weight excluding hydrogens is 305 g/mol. The van der Waals surface area contributed by atoms with E-state index in [2.05, 4.69) is 15.1 Å². The van der Waals surface area contributed by atoms with Crippen molar-refractivity contribution in [1.82, 2.24) is 24.1 Å². The van der Waals surface area contributed by atoms with Gasteiger partial charge in [-0.15, -0.1) is 0 Å². The van der Waals surface area contributed by atoms with E-state index in [0.29, 0.717) is 16.9 Å². The smallest absolute Gasteiger partial charge is 0.278 e. The fourth-order valence-corrected chi connectivity index (χ4v) is 3.21. The molecule has 0 aromatic carbocycles. The lowest BCUT2D eigenvalue weighted by molar-refractivity contribution is 0.260. The van der Waals surface area contributed by atoms with Crippen molar-refractivity contribution in [3.8, 4) is 0 Å². The Morgan fingerprint density at radius 1 is 1.36 bits per heavy atom.